The normalized spacial score (nSPS) is 16.6. The first-order chi connectivity index (χ1) is 19.9. The maximum atomic E-state index is 14.9. The van der Waals surface area contributed by atoms with Crippen molar-refractivity contribution in [3.63, 3.8) is 0 Å². The van der Waals surface area contributed by atoms with E-state index in [-0.39, 0.29) is 22.9 Å². The predicted molar refractivity (Wildman–Crippen MR) is 167 cm³/mol. The van der Waals surface area contributed by atoms with Crippen molar-refractivity contribution >= 4 is 40.6 Å². The van der Waals surface area contributed by atoms with E-state index in [1.165, 1.54) is 18.9 Å². The molecule has 1 amide bonds. The number of anilines is 3. The summed E-state index contributed by atoms with van der Waals surface area (Å²) in [5.74, 6) is 0.823. The molecule has 0 radical (unpaired) electrons. The van der Waals surface area contributed by atoms with Gasteiger partial charge in [0.25, 0.3) is 0 Å². The standard InChI is InChI=1S/C30H39FN8O2S/c1-19(37-9-11-38(12-10-37)29(40)41-30(2,3)4)21-7-8-33-27(13-21)36-28(42)35-26-14-23(24(31)15-25(26)32)22-16-34-39(18-22)17-20-5-6-20/h7-8,13-16,18-20H,5-6,9-12,17,32H2,1-4H3,(H2,33,35,36,42). The van der Waals surface area contributed by atoms with Crippen molar-refractivity contribution in [1.82, 2.24) is 24.6 Å². The largest absolute Gasteiger partial charge is 0.444 e. The van der Waals surface area contributed by atoms with Crippen LogP contribution in [-0.2, 0) is 11.3 Å². The molecule has 1 unspecified atom stereocenters. The summed E-state index contributed by atoms with van der Waals surface area (Å²) >= 11 is 5.55. The number of rotatable bonds is 7. The monoisotopic (exact) mass is 594 g/mol. The number of nitrogens with two attached hydrogens (primary N) is 1. The lowest BCUT2D eigenvalue weighted by molar-refractivity contribution is 0.0110. The Morgan fingerprint density at radius 3 is 2.62 bits per heavy atom. The Bertz CT molecular complexity index is 1440. The molecule has 1 atom stereocenters. The van der Waals surface area contributed by atoms with Gasteiger partial charge in [-0.05, 0) is 88.5 Å². The summed E-state index contributed by atoms with van der Waals surface area (Å²) in [6, 6.07) is 6.97. The number of halogens is 1. The zero-order valence-electron chi connectivity index (χ0n) is 24.6. The van der Waals surface area contributed by atoms with E-state index in [1.807, 2.05) is 43.8 Å². The number of piperazine rings is 1. The van der Waals surface area contributed by atoms with Crippen LogP contribution in [0.3, 0.4) is 0 Å². The lowest BCUT2D eigenvalue weighted by atomic mass is 10.1. The van der Waals surface area contributed by atoms with E-state index >= 15 is 0 Å². The van der Waals surface area contributed by atoms with Gasteiger partial charge in [-0.1, -0.05) is 0 Å². The maximum Gasteiger partial charge on any atom is 0.410 e. The number of ether oxygens (including phenoxy) is 1. The molecule has 0 spiro atoms. The Balaban J connectivity index is 1.19. The average molecular weight is 595 g/mol. The molecule has 10 nitrogen and oxygen atoms in total. The second-order valence-corrected chi connectivity index (χ2v) is 12.5. The topological polar surface area (TPSA) is 114 Å². The summed E-state index contributed by atoms with van der Waals surface area (Å²) in [6.07, 6.45) is 7.43. The van der Waals surface area contributed by atoms with Crippen LogP contribution in [0, 0.1) is 11.7 Å². The van der Waals surface area contributed by atoms with Gasteiger partial charge in [0.05, 0.1) is 17.6 Å². The van der Waals surface area contributed by atoms with E-state index in [0.29, 0.717) is 41.6 Å². The third-order valence-corrected chi connectivity index (χ3v) is 7.70. The van der Waals surface area contributed by atoms with E-state index < -0.39 is 11.4 Å². The number of carbonyl (C=O) groups excluding carboxylic acids is 1. The maximum absolute atomic E-state index is 14.9. The number of hydrogen-bond donors (Lipinski definition) is 3. The average Bonchev–Trinajstić information content (AvgIpc) is 3.63. The summed E-state index contributed by atoms with van der Waals surface area (Å²) in [6.45, 7) is 11.3. The molecule has 1 aromatic carbocycles. The molecule has 5 rings (SSSR count). The number of amides is 1. The van der Waals surface area contributed by atoms with Gasteiger partial charge < -0.3 is 26.0 Å². The van der Waals surface area contributed by atoms with Crippen molar-refractivity contribution in [3.05, 3.63) is 54.2 Å². The van der Waals surface area contributed by atoms with Crippen LogP contribution >= 0.6 is 12.2 Å². The number of aromatic nitrogens is 3. The van der Waals surface area contributed by atoms with Crippen molar-refractivity contribution < 1.29 is 13.9 Å². The van der Waals surface area contributed by atoms with Crippen molar-refractivity contribution in [3.8, 4) is 11.1 Å². The number of nitrogen functional groups attached to an aromatic ring is 1. The molecule has 1 saturated carbocycles. The first kappa shape index (κ1) is 29.7. The van der Waals surface area contributed by atoms with E-state index in [1.54, 1.807) is 23.4 Å². The molecule has 3 aromatic rings. The fourth-order valence-corrected chi connectivity index (χ4v) is 5.17. The second-order valence-electron chi connectivity index (χ2n) is 12.0. The molecule has 0 bridgehead atoms. The Labute approximate surface area is 251 Å². The molecule has 1 aliphatic carbocycles. The summed E-state index contributed by atoms with van der Waals surface area (Å²) in [4.78, 5) is 20.9. The number of hydrogen-bond acceptors (Lipinski definition) is 7. The third-order valence-electron chi connectivity index (χ3n) is 7.50. The molecular weight excluding hydrogens is 555 g/mol. The van der Waals surface area contributed by atoms with Crippen molar-refractivity contribution in [2.24, 2.45) is 5.92 Å². The molecule has 2 aliphatic rings. The molecule has 12 heteroatoms. The lowest BCUT2D eigenvalue weighted by Crippen LogP contribution is -2.50. The number of nitrogens with zero attached hydrogens (tertiary/aromatic N) is 5. The number of pyridine rings is 1. The number of benzene rings is 1. The van der Waals surface area contributed by atoms with Crippen LogP contribution in [0.1, 0.15) is 52.1 Å². The fraction of sp³-hybridized carbons (Fsp3) is 0.467. The van der Waals surface area contributed by atoms with Gasteiger partial charge in [-0.15, -0.1) is 0 Å². The van der Waals surface area contributed by atoms with Crippen LogP contribution < -0.4 is 16.4 Å². The zero-order valence-corrected chi connectivity index (χ0v) is 25.4. The van der Waals surface area contributed by atoms with Gasteiger partial charge in [-0.2, -0.15) is 5.10 Å². The highest BCUT2D eigenvalue weighted by Crippen LogP contribution is 2.33. The summed E-state index contributed by atoms with van der Waals surface area (Å²) in [7, 11) is 0. The van der Waals surface area contributed by atoms with Gasteiger partial charge in [0.1, 0.15) is 17.2 Å². The smallest absolute Gasteiger partial charge is 0.410 e. The number of thiocarbonyl (C=S) groups is 1. The number of nitrogens with one attached hydrogen (secondary N) is 2. The lowest BCUT2D eigenvalue weighted by Gasteiger charge is -2.38. The van der Waals surface area contributed by atoms with Crippen LogP contribution in [0.15, 0.2) is 42.9 Å². The SMILES string of the molecule is CC(c1ccnc(NC(=S)Nc2cc(-c3cnn(CC4CC4)c3)c(F)cc2N)c1)N1CCN(C(=O)OC(C)(C)C)CC1. The predicted octanol–water partition coefficient (Wildman–Crippen LogP) is 5.50. The van der Waals surface area contributed by atoms with E-state index in [9.17, 15) is 9.18 Å². The highest BCUT2D eigenvalue weighted by Gasteiger charge is 2.28. The highest BCUT2D eigenvalue weighted by atomic mass is 32.1. The van der Waals surface area contributed by atoms with Crippen LogP contribution in [0.4, 0.5) is 26.4 Å². The van der Waals surface area contributed by atoms with Crippen molar-refractivity contribution in [1.29, 1.82) is 0 Å². The molecule has 4 N–H and O–H groups in total. The van der Waals surface area contributed by atoms with Gasteiger partial charge in [-0.25, -0.2) is 14.2 Å². The van der Waals surface area contributed by atoms with E-state index in [4.69, 9.17) is 22.7 Å². The summed E-state index contributed by atoms with van der Waals surface area (Å²) in [5, 5.41) is 10.9. The molecule has 2 aromatic heterocycles. The second kappa shape index (κ2) is 12.2. The minimum Gasteiger partial charge on any atom is -0.444 e. The van der Waals surface area contributed by atoms with Crippen LogP contribution in [0.5, 0.6) is 0 Å². The Morgan fingerprint density at radius 2 is 1.93 bits per heavy atom. The Kier molecular flexibility index (Phi) is 8.65. The summed E-state index contributed by atoms with van der Waals surface area (Å²) < 4.78 is 22.2. The Morgan fingerprint density at radius 1 is 1.19 bits per heavy atom. The molecular formula is C30H39FN8O2S. The number of carbonyl (C=O) groups is 1. The van der Waals surface area contributed by atoms with E-state index in [2.05, 4.69) is 32.5 Å². The third kappa shape index (κ3) is 7.54. The summed E-state index contributed by atoms with van der Waals surface area (Å²) in [5.41, 5.74) is 8.50. The molecule has 3 heterocycles. The Hall–Kier alpha value is -3.77. The molecule has 42 heavy (non-hydrogen) atoms. The van der Waals surface area contributed by atoms with Gasteiger partial charge in [0, 0.05) is 62.3 Å². The fourth-order valence-electron chi connectivity index (χ4n) is 4.96. The molecule has 1 aliphatic heterocycles. The van der Waals surface area contributed by atoms with Gasteiger partial charge in [0.15, 0.2) is 5.11 Å². The first-order valence-electron chi connectivity index (χ1n) is 14.3. The van der Waals surface area contributed by atoms with Crippen LogP contribution in [0.25, 0.3) is 11.1 Å². The molecule has 224 valence electrons. The van der Waals surface area contributed by atoms with Crippen molar-refractivity contribution in [2.75, 3.05) is 42.5 Å². The minimum atomic E-state index is -0.512. The highest BCUT2D eigenvalue weighted by molar-refractivity contribution is 7.80. The zero-order chi connectivity index (χ0) is 30.0. The van der Waals surface area contributed by atoms with Crippen molar-refractivity contribution in [2.45, 2.75) is 58.7 Å². The van der Waals surface area contributed by atoms with E-state index in [0.717, 1.165) is 25.2 Å². The van der Waals surface area contributed by atoms with Gasteiger partial charge in [0.2, 0.25) is 0 Å². The minimum absolute atomic E-state index is 0.104. The first-order valence-corrected chi connectivity index (χ1v) is 14.7. The van der Waals surface area contributed by atoms with Gasteiger partial charge >= 0.3 is 6.09 Å². The van der Waals surface area contributed by atoms with Crippen LogP contribution in [-0.4, -0.2) is 67.6 Å². The molecule has 1 saturated heterocycles. The van der Waals surface area contributed by atoms with Crippen LogP contribution in [0.2, 0.25) is 0 Å². The quantitative estimate of drug-likeness (QED) is 0.241. The molecule has 2 fully saturated rings. The van der Waals surface area contributed by atoms with Gasteiger partial charge in [-0.3, -0.25) is 9.58 Å².